The Kier molecular flexibility index (Phi) is 6.06. The number of anilines is 2. The lowest BCUT2D eigenvalue weighted by atomic mass is 10.2. The van der Waals surface area contributed by atoms with E-state index < -0.39 is 0 Å². The predicted octanol–water partition coefficient (Wildman–Crippen LogP) is 3.67. The Morgan fingerprint density at radius 2 is 1.79 bits per heavy atom. The quantitative estimate of drug-likeness (QED) is 0.595. The minimum absolute atomic E-state index is 0.0321. The van der Waals surface area contributed by atoms with E-state index in [1.807, 2.05) is 29.2 Å². The third-order valence-corrected chi connectivity index (χ3v) is 6.62. The zero-order chi connectivity index (χ0) is 22.8. The molecule has 2 aromatic carbocycles. The lowest BCUT2D eigenvalue weighted by Gasteiger charge is -2.36. The van der Waals surface area contributed by atoms with Crippen molar-refractivity contribution in [2.24, 2.45) is 0 Å². The van der Waals surface area contributed by atoms with Crippen LogP contribution in [-0.4, -0.2) is 54.7 Å². The first-order valence-electron chi connectivity index (χ1n) is 10.5. The number of piperazine rings is 1. The van der Waals surface area contributed by atoms with Gasteiger partial charge in [0.25, 0.3) is 5.91 Å². The summed E-state index contributed by atoms with van der Waals surface area (Å²) in [5, 5.41) is 5.75. The van der Waals surface area contributed by atoms with Gasteiger partial charge in [-0.25, -0.2) is 4.98 Å². The van der Waals surface area contributed by atoms with Crippen molar-refractivity contribution in [2.75, 3.05) is 43.2 Å². The molecule has 2 amide bonds. The number of nitrogens with zero attached hydrogens (tertiary/aromatic N) is 3. The van der Waals surface area contributed by atoms with Gasteiger partial charge in [-0.15, -0.1) is 11.3 Å². The fraction of sp³-hybridized carbons (Fsp3) is 0.261. The molecule has 0 atom stereocenters. The van der Waals surface area contributed by atoms with Crippen molar-refractivity contribution in [1.82, 2.24) is 9.88 Å². The van der Waals surface area contributed by atoms with Gasteiger partial charge in [0.05, 0.1) is 12.1 Å². The number of benzene rings is 2. The summed E-state index contributed by atoms with van der Waals surface area (Å²) in [6.45, 7) is 2.99. The Bertz CT molecular complexity index is 1180. The molecule has 10 heteroatoms. The maximum Gasteiger partial charge on any atom is 0.257 e. The van der Waals surface area contributed by atoms with Gasteiger partial charge in [0.1, 0.15) is 0 Å². The number of thiazole rings is 1. The van der Waals surface area contributed by atoms with E-state index in [2.05, 4.69) is 15.2 Å². The van der Waals surface area contributed by atoms with Gasteiger partial charge in [0, 0.05) is 47.8 Å². The van der Waals surface area contributed by atoms with Crippen molar-refractivity contribution >= 4 is 45.6 Å². The van der Waals surface area contributed by atoms with Crippen LogP contribution in [0.25, 0.3) is 0 Å². The molecule has 2 aliphatic heterocycles. The molecule has 0 aliphatic carbocycles. The van der Waals surface area contributed by atoms with Crippen LogP contribution in [0, 0.1) is 0 Å². The maximum absolute atomic E-state index is 12.8. The number of carbonyl (C=O) groups is 2. The lowest BCUT2D eigenvalue weighted by Crippen LogP contribution is -2.49. The molecule has 0 radical (unpaired) electrons. The zero-order valence-corrected chi connectivity index (χ0v) is 19.2. The van der Waals surface area contributed by atoms with Gasteiger partial charge >= 0.3 is 0 Å². The third-order valence-electron chi connectivity index (χ3n) is 5.56. The Labute approximate surface area is 199 Å². The first-order valence-corrected chi connectivity index (χ1v) is 11.7. The fourth-order valence-corrected chi connectivity index (χ4v) is 4.62. The molecule has 33 heavy (non-hydrogen) atoms. The molecule has 170 valence electrons. The second-order valence-corrected chi connectivity index (χ2v) is 8.98. The normalized spacial score (nSPS) is 14.9. The molecule has 0 saturated carbocycles. The van der Waals surface area contributed by atoms with Gasteiger partial charge in [-0.3, -0.25) is 14.9 Å². The fourth-order valence-electron chi connectivity index (χ4n) is 3.79. The second-order valence-electron chi connectivity index (χ2n) is 7.69. The number of aromatic nitrogens is 1. The molecule has 1 aromatic heterocycles. The molecule has 1 fully saturated rings. The number of rotatable bonds is 5. The molecule has 0 unspecified atom stereocenters. The molecule has 3 heterocycles. The topological polar surface area (TPSA) is 84.0 Å². The van der Waals surface area contributed by atoms with Gasteiger partial charge in [0.2, 0.25) is 12.7 Å². The molecular weight excluding hydrogens is 464 g/mol. The van der Waals surface area contributed by atoms with E-state index in [4.69, 9.17) is 21.1 Å². The maximum atomic E-state index is 12.8. The summed E-state index contributed by atoms with van der Waals surface area (Å²) < 4.78 is 10.6. The number of nitrogens with one attached hydrogen (secondary N) is 1. The number of hydrogen-bond acceptors (Lipinski definition) is 7. The van der Waals surface area contributed by atoms with Gasteiger partial charge in [0.15, 0.2) is 16.6 Å². The van der Waals surface area contributed by atoms with Crippen LogP contribution in [0.15, 0.2) is 47.8 Å². The van der Waals surface area contributed by atoms with Gasteiger partial charge < -0.3 is 19.3 Å². The number of hydrogen-bond donors (Lipinski definition) is 1. The van der Waals surface area contributed by atoms with Crippen molar-refractivity contribution in [1.29, 1.82) is 0 Å². The Morgan fingerprint density at radius 3 is 2.58 bits per heavy atom. The van der Waals surface area contributed by atoms with Gasteiger partial charge in [-0.1, -0.05) is 11.6 Å². The monoisotopic (exact) mass is 484 g/mol. The highest BCUT2D eigenvalue weighted by molar-refractivity contribution is 7.14. The summed E-state index contributed by atoms with van der Waals surface area (Å²) in [6, 6.07) is 12.8. The molecule has 2 aliphatic rings. The van der Waals surface area contributed by atoms with Crippen LogP contribution in [0.4, 0.5) is 10.8 Å². The van der Waals surface area contributed by atoms with Crippen molar-refractivity contribution in [3.8, 4) is 11.5 Å². The largest absolute Gasteiger partial charge is 0.454 e. The Balaban J connectivity index is 1.13. The van der Waals surface area contributed by atoms with Crippen LogP contribution < -0.4 is 19.7 Å². The molecule has 3 aromatic rings. The average molecular weight is 485 g/mol. The standard InChI is InChI=1S/C23H21ClN4O4S/c24-16-2-4-18(5-3-16)27-7-9-28(10-8-27)21(29)12-17-13-33-23(25-17)26-22(30)15-1-6-19-20(11-15)32-14-31-19/h1-6,11,13H,7-10,12,14H2,(H,25,26,30). The van der Waals surface area contributed by atoms with Gasteiger partial charge in [-0.05, 0) is 42.5 Å². The first-order chi connectivity index (χ1) is 16.0. The Morgan fingerprint density at radius 1 is 1.03 bits per heavy atom. The number of halogens is 1. The third kappa shape index (κ3) is 4.89. The minimum Gasteiger partial charge on any atom is -0.454 e. The van der Waals surface area contributed by atoms with Crippen molar-refractivity contribution in [2.45, 2.75) is 6.42 Å². The van der Waals surface area contributed by atoms with E-state index >= 15 is 0 Å². The van der Waals surface area contributed by atoms with Crippen LogP contribution >= 0.6 is 22.9 Å². The summed E-state index contributed by atoms with van der Waals surface area (Å²) in [4.78, 5) is 33.8. The first kappa shape index (κ1) is 21.5. The smallest absolute Gasteiger partial charge is 0.257 e. The van der Waals surface area contributed by atoms with E-state index in [1.165, 1.54) is 11.3 Å². The summed E-state index contributed by atoms with van der Waals surface area (Å²) in [7, 11) is 0. The summed E-state index contributed by atoms with van der Waals surface area (Å²) in [5.74, 6) is 0.906. The summed E-state index contributed by atoms with van der Waals surface area (Å²) >= 11 is 7.26. The van der Waals surface area contributed by atoms with Crippen LogP contribution in [0.5, 0.6) is 11.5 Å². The van der Waals surface area contributed by atoms with E-state index in [0.29, 0.717) is 46.0 Å². The number of carbonyl (C=O) groups excluding carboxylic acids is 2. The molecule has 0 bridgehead atoms. The molecule has 1 N–H and O–H groups in total. The summed E-state index contributed by atoms with van der Waals surface area (Å²) in [6.07, 6.45) is 0.206. The SMILES string of the molecule is O=C(Nc1nc(CC(=O)N2CCN(c3ccc(Cl)cc3)CC2)cs1)c1ccc2c(c1)OCO2. The van der Waals surface area contributed by atoms with Crippen LogP contribution in [0.3, 0.4) is 0 Å². The van der Waals surface area contributed by atoms with E-state index in [-0.39, 0.29) is 25.0 Å². The molecule has 8 nitrogen and oxygen atoms in total. The van der Waals surface area contributed by atoms with Crippen LogP contribution in [0.1, 0.15) is 16.1 Å². The lowest BCUT2D eigenvalue weighted by molar-refractivity contribution is -0.130. The highest BCUT2D eigenvalue weighted by atomic mass is 35.5. The van der Waals surface area contributed by atoms with E-state index in [9.17, 15) is 9.59 Å². The zero-order valence-electron chi connectivity index (χ0n) is 17.6. The number of amides is 2. The predicted molar refractivity (Wildman–Crippen MR) is 127 cm³/mol. The van der Waals surface area contributed by atoms with Crippen molar-refractivity contribution in [3.05, 3.63) is 64.1 Å². The summed E-state index contributed by atoms with van der Waals surface area (Å²) in [5.41, 5.74) is 2.20. The van der Waals surface area contributed by atoms with E-state index in [1.54, 1.807) is 23.6 Å². The van der Waals surface area contributed by atoms with Crippen LogP contribution in [0.2, 0.25) is 5.02 Å². The molecule has 5 rings (SSSR count). The number of fused-ring (bicyclic) bond motifs is 1. The number of ether oxygens (including phenoxy) is 2. The van der Waals surface area contributed by atoms with Crippen molar-refractivity contribution in [3.63, 3.8) is 0 Å². The molecule has 1 saturated heterocycles. The molecule has 0 spiro atoms. The van der Waals surface area contributed by atoms with Crippen LogP contribution in [-0.2, 0) is 11.2 Å². The van der Waals surface area contributed by atoms with E-state index in [0.717, 1.165) is 18.8 Å². The minimum atomic E-state index is -0.293. The Hall–Kier alpha value is -3.30. The highest BCUT2D eigenvalue weighted by Gasteiger charge is 2.22. The van der Waals surface area contributed by atoms with Crippen molar-refractivity contribution < 1.29 is 19.1 Å². The second kappa shape index (κ2) is 9.29. The van der Waals surface area contributed by atoms with Gasteiger partial charge in [-0.2, -0.15) is 0 Å². The highest BCUT2D eigenvalue weighted by Crippen LogP contribution is 2.32. The molecular formula is C23H21ClN4O4S. The average Bonchev–Trinajstić information content (AvgIpc) is 3.48.